The van der Waals surface area contributed by atoms with Crippen LogP contribution in [0, 0.1) is 5.21 Å². The van der Waals surface area contributed by atoms with Gasteiger partial charge in [-0.2, -0.15) is 4.85 Å². The number of aromatic nitrogens is 3. The average molecular weight is 270 g/mol. The molecule has 0 amide bonds. The molecule has 1 aromatic carbocycles. The zero-order valence-corrected chi connectivity index (χ0v) is 10.1. The van der Waals surface area contributed by atoms with E-state index in [-0.39, 0.29) is 0 Å². The van der Waals surface area contributed by atoms with Crippen LogP contribution in [-0.4, -0.2) is 9.90 Å². The van der Waals surface area contributed by atoms with Crippen LogP contribution in [0.3, 0.4) is 0 Å². The molecule has 5 heteroatoms. The molecule has 0 aliphatic heterocycles. The number of benzene rings is 1. The molecule has 0 atom stereocenters. The zero-order valence-electron chi connectivity index (χ0n) is 8.48. The second kappa shape index (κ2) is 4.18. The molecule has 0 unspecified atom stereocenters. The molecule has 80 valence electrons. The molecule has 2 rings (SSSR count). The third-order valence-electron chi connectivity index (χ3n) is 2.29. The summed E-state index contributed by atoms with van der Waals surface area (Å²) in [5.41, 5.74) is 1.35. The summed E-state index contributed by atoms with van der Waals surface area (Å²) in [4.78, 5) is 2.33. The van der Waals surface area contributed by atoms with Crippen molar-refractivity contribution >= 4 is 27.0 Å². The Morgan fingerprint density at radius 3 is 3.07 bits per heavy atom. The summed E-state index contributed by atoms with van der Waals surface area (Å²) < 4.78 is 0.898. The van der Waals surface area contributed by atoms with E-state index in [2.05, 4.69) is 28.0 Å². The van der Waals surface area contributed by atoms with Crippen molar-refractivity contribution in [2.75, 3.05) is 0 Å². The van der Waals surface area contributed by atoms with Gasteiger partial charge in [0, 0.05) is 15.6 Å². The van der Waals surface area contributed by atoms with Crippen molar-refractivity contribution in [1.82, 2.24) is 9.90 Å². The van der Waals surface area contributed by atoms with Crippen molar-refractivity contribution in [1.29, 1.82) is 0 Å². The van der Waals surface area contributed by atoms with Gasteiger partial charge in [0.2, 0.25) is 11.0 Å². The van der Waals surface area contributed by atoms with Crippen LogP contribution in [0.1, 0.15) is 19.8 Å². The van der Waals surface area contributed by atoms with E-state index in [1.165, 1.54) is 4.80 Å². The molecule has 0 radical (unpaired) electrons. The SMILES string of the molecule is CCCCn1nc2ccc(Br)cc2[n+]1[O-]. The Bertz CT molecular complexity index is 481. The molecule has 0 N–H and O–H groups in total. The fourth-order valence-electron chi connectivity index (χ4n) is 1.46. The van der Waals surface area contributed by atoms with Crippen LogP contribution < -0.4 is 4.85 Å². The van der Waals surface area contributed by atoms with Crippen LogP contribution in [0.4, 0.5) is 0 Å². The van der Waals surface area contributed by atoms with Gasteiger partial charge in [-0.3, -0.25) is 0 Å². The number of hydrogen-bond donors (Lipinski definition) is 0. The molecule has 2 aromatic rings. The summed E-state index contributed by atoms with van der Waals surface area (Å²) in [6, 6.07) is 5.52. The van der Waals surface area contributed by atoms with Crippen LogP contribution in [-0.2, 0) is 6.54 Å². The fourth-order valence-corrected chi connectivity index (χ4v) is 1.81. The summed E-state index contributed by atoms with van der Waals surface area (Å²) in [6.45, 7) is 2.77. The second-order valence-electron chi connectivity index (χ2n) is 3.46. The molecule has 0 saturated carbocycles. The van der Waals surface area contributed by atoms with E-state index in [0.29, 0.717) is 12.1 Å². The van der Waals surface area contributed by atoms with E-state index >= 15 is 0 Å². The van der Waals surface area contributed by atoms with Gasteiger partial charge in [0.15, 0.2) is 0 Å². The Balaban J connectivity index is 2.45. The minimum absolute atomic E-state index is 0.612. The maximum atomic E-state index is 11.8. The quantitative estimate of drug-likeness (QED) is 0.634. The van der Waals surface area contributed by atoms with Gasteiger partial charge in [0.1, 0.15) is 6.54 Å². The van der Waals surface area contributed by atoms with E-state index in [9.17, 15) is 5.21 Å². The normalized spacial score (nSPS) is 11.1. The van der Waals surface area contributed by atoms with Crippen molar-refractivity contribution in [3.8, 4) is 0 Å². The Labute approximate surface area is 96.2 Å². The van der Waals surface area contributed by atoms with Gasteiger partial charge in [-0.25, -0.2) is 0 Å². The predicted molar refractivity (Wildman–Crippen MR) is 61.3 cm³/mol. The molecule has 0 fully saturated rings. The lowest BCUT2D eigenvalue weighted by atomic mass is 10.3. The number of aryl methyl sites for hydroxylation is 1. The van der Waals surface area contributed by atoms with E-state index in [4.69, 9.17) is 0 Å². The Kier molecular flexibility index (Phi) is 2.90. The summed E-state index contributed by atoms with van der Waals surface area (Å²) in [5.74, 6) is 0. The first-order valence-electron chi connectivity index (χ1n) is 4.98. The van der Waals surface area contributed by atoms with Crippen molar-refractivity contribution in [3.63, 3.8) is 0 Å². The highest BCUT2D eigenvalue weighted by Crippen LogP contribution is 2.15. The highest BCUT2D eigenvalue weighted by molar-refractivity contribution is 9.10. The fraction of sp³-hybridized carbons (Fsp3) is 0.400. The van der Waals surface area contributed by atoms with Crippen LogP contribution in [0.5, 0.6) is 0 Å². The molecule has 1 aromatic heterocycles. The molecule has 0 bridgehead atoms. The lowest BCUT2D eigenvalue weighted by Crippen LogP contribution is -2.38. The molecule has 15 heavy (non-hydrogen) atoms. The van der Waals surface area contributed by atoms with Gasteiger partial charge in [0.05, 0.1) is 0 Å². The molecule has 0 aliphatic rings. The summed E-state index contributed by atoms with van der Waals surface area (Å²) in [7, 11) is 0. The molecule has 4 nitrogen and oxygen atoms in total. The summed E-state index contributed by atoms with van der Waals surface area (Å²) >= 11 is 3.34. The summed E-state index contributed by atoms with van der Waals surface area (Å²) in [5, 5.41) is 16.0. The minimum Gasteiger partial charge on any atom is -0.692 e. The maximum Gasteiger partial charge on any atom is 0.249 e. The molecule has 1 heterocycles. The average Bonchev–Trinajstić information content (AvgIpc) is 2.53. The lowest BCUT2D eigenvalue weighted by molar-refractivity contribution is -0.676. The standard InChI is InChI=1S/C10H12BrN3O/c1-2-3-6-13-12-9-5-4-8(11)7-10(9)14(13)15/h4-5,7H,2-3,6H2,1H3. The largest absolute Gasteiger partial charge is 0.692 e. The Morgan fingerprint density at radius 1 is 1.53 bits per heavy atom. The highest BCUT2D eigenvalue weighted by Gasteiger charge is 2.13. The van der Waals surface area contributed by atoms with E-state index in [0.717, 1.165) is 27.7 Å². The number of hydrogen-bond acceptors (Lipinski definition) is 2. The van der Waals surface area contributed by atoms with Crippen molar-refractivity contribution < 1.29 is 4.85 Å². The smallest absolute Gasteiger partial charge is 0.249 e. The van der Waals surface area contributed by atoms with Crippen LogP contribution in [0.2, 0.25) is 0 Å². The first-order valence-corrected chi connectivity index (χ1v) is 5.77. The van der Waals surface area contributed by atoms with Crippen molar-refractivity contribution in [2.24, 2.45) is 0 Å². The van der Waals surface area contributed by atoms with Gasteiger partial charge in [-0.1, -0.05) is 29.3 Å². The van der Waals surface area contributed by atoms with Crippen LogP contribution >= 0.6 is 15.9 Å². The number of unbranched alkanes of at least 4 members (excludes halogenated alkanes) is 1. The van der Waals surface area contributed by atoms with Crippen molar-refractivity contribution in [2.45, 2.75) is 26.3 Å². The van der Waals surface area contributed by atoms with E-state index < -0.39 is 0 Å². The molecule has 0 aliphatic carbocycles. The first-order chi connectivity index (χ1) is 7.22. The summed E-state index contributed by atoms with van der Waals surface area (Å²) in [6.07, 6.45) is 2.03. The van der Waals surface area contributed by atoms with Gasteiger partial charge < -0.3 is 5.21 Å². The Morgan fingerprint density at radius 2 is 2.33 bits per heavy atom. The number of halogens is 1. The number of rotatable bonds is 3. The zero-order chi connectivity index (χ0) is 10.8. The van der Waals surface area contributed by atoms with E-state index in [1.54, 1.807) is 6.07 Å². The van der Waals surface area contributed by atoms with Gasteiger partial charge in [0.25, 0.3) is 0 Å². The number of nitrogens with zero attached hydrogens (tertiary/aromatic N) is 3. The van der Waals surface area contributed by atoms with E-state index in [1.807, 2.05) is 12.1 Å². The molecular formula is C10H12BrN3O. The van der Waals surface area contributed by atoms with Crippen LogP contribution in [0.25, 0.3) is 11.0 Å². The third kappa shape index (κ3) is 1.97. The molecular weight excluding hydrogens is 258 g/mol. The molecule has 0 spiro atoms. The first kappa shape index (κ1) is 10.4. The lowest BCUT2D eigenvalue weighted by Gasteiger charge is -2.02. The molecule has 0 saturated heterocycles. The maximum absolute atomic E-state index is 11.8. The Hall–Kier alpha value is -1.10. The van der Waals surface area contributed by atoms with Crippen molar-refractivity contribution in [3.05, 3.63) is 27.9 Å². The van der Waals surface area contributed by atoms with Gasteiger partial charge in [-0.15, -0.1) is 0 Å². The van der Waals surface area contributed by atoms with Gasteiger partial charge in [-0.05, 0) is 23.4 Å². The second-order valence-corrected chi connectivity index (χ2v) is 4.37. The highest BCUT2D eigenvalue weighted by atomic mass is 79.9. The van der Waals surface area contributed by atoms with Gasteiger partial charge >= 0.3 is 0 Å². The minimum atomic E-state index is 0.612. The third-order valence-corrected chi connectivity index (χ3v) is 2.78. The number of fused-ring (bicyclic) bond motifs is 1. The topological polar surface area (TPSA) is 44.8 Å². The predicted octanol–water partition coefficient (Wildman–Crippen LogP) is 2.23. The van der Waals surface area contributed by atoms with Crippen LogP contribution in [0.15, 0.2) is 22.7 Å². The monoisotopic (exact) mass is 269 g/mol.